The molecule has 0 saturated carbocycles. The standard InChI is InChI=1S/C9H16N6O2/c1-5(6(16)15(2)3)11-8-12-7(10)13-9(14-8)17-4/h5H,1-4H3,(H3,10,11,12,13,14). The van der Waals surface area contributed by atoms with Crippen molar-refractivity contribution >= 4 is 17.8 Å². The Morgan fingerprint density at radius 1 is 1.41 bits per heavy atom. The Balaban J connectivity index is 2.81. The normalized spacial score (nSPS) is 11.8. The number of nitrogen functional groups attached to an aromatic ring is 1. The Morgan fingerprint density at radius 2 is 2.06 bits per heavy atom. The second-order valence-corrected chi connectivity index (χ2v) is 3.60. The molecule has 0 aliphatic rings. The maximum Gasteiger partial charge on any atom is 0.322 e. The van der Waals surface area contributed by atoms with E-state index in [2.05, 4.69) is 20.3 Å². The van der Waals surface area contributed by atoms with E-state index in [1.807, 2.05) is 0 Å². The summed E-state index contributed by atoms with van der Waals surface area (Å²) in [4.78, 5) is 24.6. The first-order chi connectivity index (χ1) is 7.93. The van der Waals surface area contributed by atoms with Gasteiger partial charge in [-0.25, -0.2) is 0 Å². The van der Waals surface area contributed by atoms with Gasteiger partial charge in [-0.15, -0.1) is 0 Å². The van der Waals surface area contributed by atoms with Crippen molar-refractivity contribution in [3.05, 3.63) is 0 Å². The van der Waals surface area contributed by atoms with Gasteiger partial charge in [-0.05, 0) is 6.92 Å². The van der Waals surface area contributed by atoms with Gasteiger partial charge in [0.05, 0.1) is 7.11 Å². The van der Waals surface area contributed by atoms with Crippen molar-refractivity contribution in [1.29, 1.82) is 0 Å². The summed E-state index contributed by atoms with van der Waals surface area (Å²) in [6.07, 6.45) is 0. The molecule has 1 unspecified atom stereocenters. The zero-order valence-corrected chi connectivity index (χ0v) is 10.3. The predicted molar refractivity (Wildman–Crippen MR) is 62.6 cm³/mol. The van der Waals surface area contributed by atoms with Crippen molar-refractivity contribution < 1.29 is 9.53 Å². The number of hydrogen-bond acceptors (Lipinski definition) is 7. The van der Waals surface area contributed by atoms with Gasteiger partial charge in [0.25, 0.3) is 0 Å². The first-order valence-electron chi connectivity index (χ1n) is 4.97. The quantitative estimate of drug-likeness (QED) is 0.720. The van der Waals surface area contributed by atoms with Crippen molar-refractivity contribution in [3.63, 3.8) is 0 Å². The first kappa shape index (κ1) is 12.9. The molecule has 0 radical (unpaired) electrons. The zero-order chi connectivity index (χ0) is 13.0. The highest BCUT2D eigenvalue weighted by molar-refractivity contribution is 5.83. The number of nitrogens with zero attached hydrogens (tertiary/aromatic N) is 4. The number of nitrogens with two attached hydrogens (primary N) is 1. The SMILES string of the molecule is COc1nc(N)nc(NC(C)C(=O)N(C)C)n1. The third-order valence-corrected chi connectivity index (χ3v) is 1.97. The fourth-order valence-electron chi connectivity index (χ4n) is 1.17. The lowest BCUT2D eigenvalue weighted by Crippen LogP contribution is -2.37. The number of carbonyl (C=O) groups excluding carboxylic acids is 1. The highest BCUT2D eigenvalue weighted by atomic mass is 16.5. The lowest BCUT2D eigenvalue weighted by atomic mass is 10.3. The van der Waals surface area contributed by atoms with Gasteiger partial charge in [0.1, 0.15) is 6.04 Å². The van der Waals surface area contributed by atoms with E-state index < -0.39 is 6.04 Å². The van der Waals surface area contributed by atoms with Crippen LogP contribution in [0.3, 0.4) is 0 Å². The molecule has 1 aromatic heterocycles. The van der Waals surface area contributed by atoms with Crippen molar-refractivity contribution in [2.45, 2.75) is 13.0 Å². The monoisotopic (exact) mass is 240 g/mol. The highest BCUT2D eigenvalue weighted by Gasteiger charge is 2.16. The van der Waals surface area contributed by atoms with Crippen LogP contribution in [-0.4, -0.2) is 53.0 Å². The maximum atomic E-state index is 11.6. The van der Waals surface area contributed by atoms with Gasteiger partial charge < -0.3 is 20.7 Å². The van der Waals surface area contributed by atoms with Gasteiger partial charge in [0.15, 0.2) is 0 Å². The Bertz CT molecular complexity index is 408. The molecule has 94 valence electrons. The number of amides is 1. The number of aromatic nitrogens is 3. The van der Waals surface area contributed by atoms with Gasteiger partial charge in [0.2, 0.25) is 17.8 Å². The van der Waals surface area contributed by atoms with Crippen LogP contribution in [0.5, 0.6) is 6.01 Å². The fraction of sp³-hybridized carbons (Fsp3) is 0.556. The summed E-state index contributed by atoms with van der Waals surface area (Å²) < 4.78 is 4.85. The van der Waals surface area contributed by atoms with E-state index in [0.29, 0.717) is 0 Å². The van der Waals surface area contributed by atoms with Crippen LogP contribution in [0.1, 0.15) is 6.92 Å². The number of carbonyl (C=O) groups is 1. The van der Waals surface area contributed by atoms with E-state index >= 15 is 0 Å². The van der Waals surface area contributed by atoms with Crippen LogP contribution in [0.15, 0.2) is 0 Å². The molecule has 17 heavy (non-hydrogen) atoms. The topological polar surface area (TPSA) is 106 Å². The van der Waals surface area contributed by atoms with Gasteiger partial charge in [0, 0.05) is 14.1 Å². The lowest BCUT2D eigenvalue weighted by molar-refractivity contribution is -0.129. The Labute approximate surface area is 99.2 Å². The summed E-state index contributed by atoms with van der Waals surface area (Å²) in [5.41, 5.74) is 5.47. The molecule has 8 heteroatoms. The second kappa shape index (κ2) is 5.28. The Hall–Kier alpha value is -2.12. The molecule has 0 aromatic carbocycles. The minimum Gasteiger partial charge on any atom is -0.467 e. The second-order valence-electron chi connectivity index (χ2n) is 3.60. The van der Waals surface area contributed by atoms with Gasteiger partial charge in [-0.3, -0.25) is 4.79 Å². The van der Waals surface area contributed by atoms with E-state index in [0.717, 1.165) is 0 Å². The third kappa shape index (κ3) is 3.44. The molecule has 1 amide bonds. The van der Waals surface area contributed by atoms with Gasteiger partial charge >= 0.3 is 6.01 Å². The average molecular weight is 240 g/mol. The molecule has 0 bridgehead atoms. The van der Waals surface area contributed by atoms with E-state index in [4.69, 9.17) is 10.5 Å². The largest absolute Gasteiger partial charge is 0.467 e. The molecule has 1 rings (SSSR count). The molecule has 1 aromatic rings. The summed E-state index contributed by atoms with van der Waals surface area (Å²) in [5.74, 6) is 0.142. The third-order valence-electron chi connectivity index (χ3n) is 1.97. The molecule has 0 aliphatic heterocycles. The van der Waals surface area contributed by atoms with Crippen LogP contribution in [0.2, 0.25) is 0 Å². The molecule has 0 spiro atoms. The molecule has 1 atom stereocenters. The van der Waals surface area contributed by atoms with Crippen LogP contribution in [0.25, 0.3) is 0 Å². The number of likely N-dealkylation sites (N-methyl/N-ethyl adjacent to an activating group) is 1. The number of hydrogen-bond donors (Lipinski definition) is 2. The smallest absolute Gasteiger partial charge is 0.322 e. The van der Waals surface area contributed by atoms with Crippen molar-refractivity contribution in [2.75, 3.05) is 32.3 Å². The van der Waals surface area contributed by atoms with E-state index in [1.54, 1.807) is 21.0 Å². The van der Waals surface area contributed by atoms with Gasteiger partial charge in [-0.2, -0.15) is 15.0 Å². The molecule has 0 fully saturated rings. The predicted octanol–water partition coefficient (Wildman–Crippen LogP) is -0.649. The van der Waals surface area contributed by atoms with Crippen LogP contribution >= 0.6 is 0 Å². The van der Waals surface area contributed by atoms with Crippen molar-refractivity contribution in [2.24, 2.45) is 0 Å². The van der Waals surface area contributed by atoms with Crippen LogP contribution < -0.4 is 15.8 Å². The molecule has 0 aliphatic carbocycles. The van der Waals surface area contributed by atoms with Crippen molar-refractivity contribution in [1.82, 2.24) is 19.9 Å². The summed E-state index contributed by atoms with van der Waals surface area (Å²) in [6.45, 7) is 1.70. The number of anilines is 2. The first-order valence-corrected chi connectivity index (χ1v) is 4.97. The minimum atomic E-state index is -0.462. The fourth-order valence-corrected chi connectivity index (χ4v) is 1.17. The van der Waals surface area contributed by atoms with Gasteiger partial charge in [-0.1, -0.05) is 0 Å². The Kier molecular flexibility index (Phi) is 4.02. The molecular weight excluding hydrogens is 224 g/mol. The van der Waals surface area contributed by atoms with E-state index in [-0.39, 0.29) is 23.8 Å². The molecule has 0 saturated heterocycles. The maximum absolute atomic E-state index is 11.6. The highest BCUT2D eigenvalue weighted by Crippen LogP contribution is 2.09. The summed E-state index contributed by atoms with van der Waals surface area (Å²) >= 11 is 0. The number of methoxy groups -OCH3 is 1. The summed E-state index contributed by atoms with van der Waals surface area (Å²) in [7, 11) is 4.76. The minimum absolute atomic E-state index is 0.0313. The molecule has 1 heterocycles. The van der Waals surface area contributed by atoms with Crippen LogP contribution in [0.4, 0.5) is 11.9 Å². The molecule has 3 N–H and O–H groups in total. The average Bonchev–Trinajstić information content (AvgIpc) is 2.26. The van der Waals surface area contributed by atoms with Crippen molar-refractivity contribution in [3.8, 4) is 6.01 Å². The molecular formula is C9H16N6O2. The number of ether oxygens (including phenoxy) is 1. The zero-order valence-electron chi connectivity index (χ0n) is 10.3. The van der Waals surface area contributed by atoms with Crippen LogP contribution in [0, 0.1) is 0 Å². The van der Waals surface area contributed by atoms with E-state index in [1.165, 1.54) is 12.0 Å². The molecule has 8 nitrogen and oxygen atoms in total. The Morgan fingerprint density at radius 3 is 2.59 bits per heavy atom. The number of nitrogens with one attached hydrogen (secondary N) is 1. The van der Waals surface area contributed by atoms with E-state index in [9.17, 15) is 4.79 Å². The summed E-state index contributed by atoms with van der Waals surface area (Å²) in [6, 6.07) is -0.360. The lowest BCUT2D eigenvalue weighted by Gasteiger charge is -2.17. The summed E-state index contributed by atoms with van der Waals surface area (Å²) in [5, 5.41) is 2.83. The number of rotatable bonds is 4. The van der Waals surface area contributed by atoms with Crippen LogP contribution in [-0.2, 0) is 4.79 Å².